The number of nitrogens with one attached hydrogen (secondary N) is 2. The molecule has 1 saturated heterocycles. The van der Waals surface area contributed by atoms with Gasteiger partial charge in [0.1, 0.15) is 11.4 Å². The number of hydrogen-bond acceptors (Lipinski definition) is 7. The summed E-state index contributed by atoms with van der Waals surface area (Å²) in [5.74, 6) is 0.371. The van der Waals surface area contributed by atoms with Gasteiger partial charge in [-0.05, 0) is 25.0 Å². The number of benzene rings is 1. The number of piperidine rings is 1. The average molecular weight is 419 g/mol. The zero-order valence-electron chi connectivity index (χ0n) is 16.6. The van der Waals surface area contributed by atoms with Crippen molar-refractivity contribution in [2.75, 3.05) is 45.8 Å². The van der Waals surface area contributed by atoms with Crippen LogP contribution in [0.2, 0.25) is 0 Å². The Kier molecular flexibility index (Phi) is 7.42. The van der Waals surface area contributed by atoms with Crippen LogP contribution in [0.1, 0.15) is 23.3 Å². The molecule has 2 N–H and O–H groups in total. The lowest BCUT2D eigenvalue weighted by Gasteiger charge is -2.31. The average Bonchev–Trinajstić information content (AvgIpc) is 3.22. The van der Waals surface area contributed by atoms with Crippen LogP contribution in [-0.2, 0) is 9.53 Å². The SMILES string of the molecule is COCCNC(=O)C1CCCN(C(=O)c2csc(Nc3cccc(OC)c3)n2)C1. The third-order valence-electron chi connectivity index (χ3n) is 4.73. The van der Waals surface area contributed by atoms with Gasteiger partial charge in [0.2, 0.25) is 5.91 Å². The highest BCUT2D eigenvalue weighted by Crippen LogP contribution is 2.25. The second-order valence-corrected chi connectivity index (χ2v) is 7.63. The van der Waals surface area contributed by atoms with E-state index in [1.807, 2.05) is 24.3 Å². The van der Waals surface area contributed by atoms with Crippen molar-refractivity contribution in [2.24, 2.45) is 5.92 Å². The molecule has 1 aliphatic rings. The van der Waals surface area contributed by atoms with E-state index in [1.54, 1.807) is 24.5 Å². The third kappa shape index (κ3) is 5.68. The Hall–Kier alpha value is -2.65. The fourth-order valence-electron chi connectivity index (χ4n) is 3.21. The van der Waals surface area contributed by atoms with Crippen molar-refractivity contribution in [3.05, 3.63) is 35.3 Å². The standard InChI is InChI=1S/C20H26N4O4S/c1-27-10-8-21-18(25)14-5-4-9-24(12-14)19(26)17-13-29-20(23-17)22-15-6-3-7-16(11-15)28-2/h3,6-7,11,13-14H,4-5,8-10,12H2,1-2H3,(H,21,25)(H,22,23). The van der Waals surface area contributed by atoms with Crippen LogP contribution in [0.3, 0.4) is 0 Å². The Morgan fingerprint density at radius 3 is 3.00 bits per heavy atom. The zero-order valence-corrected chi connectivity index (χ0v) is 17.5. The van der Waals surface area contributed by atoms with E-state index in [0.29, 0.717) is 37.1 Å². The summed E-state index contributed by atoms with van der Waals surface area (Å²) in [7, 11) is 3.21. The Balaban J connectivity index is 1.59. The molecular weight excluding hydrogens is 392 g/mol. The quantitative estimate of drug-likeness (QED) is 0.640. The molecule has 9 heteroatoms. The molecule has 1 atom stereocenters. The lowest BCUT2D eigenvalue weighted by molar-refractivity contribution is -0.126. The second kappa shape index (κ2) is 10.2. The number of hydrogen-bond donors (Lipinski definition) is 2. The van der Waals surface area contributed by atoms with Gasteiger partial charge in [0.05, 0.1) is 19.6 Å². The van der Waals surface area contributed by atoms with Crippen molar-refractivity contribution in [3.8, 4) is 5.75 Å². The molecule has 0 bridgehead atoms. The van der Waals surface area contributed by atoms with Crippen molar-refractivity contribution in [1.29, 1.82) is 0 Å². The maximum Gasteiger partial charge on any atom is 0.273 e. The van der Waals surface area contributed by atoms with E-state index >= 15 is 0 Å². The molecule has 0 spiro atoms. The van der Waals surface area contributed by atoms with Crippen LogP contribution in [0.15, 0.2) is 29.6 Å². The number of methoxy groups -OCH3 is 2. The molecule has 1 aromatic carbocycles. The lowest BCUT2D eigenvalue weighted by atomic mass is 9.97. The molecule has 3 rings (SSSR count). The monoisotopic (exact) mass is 418 g/mol. The molecule has 0 saturated carbocycles. The smallest absolute Gasteiger partial charge is 0.273 e. The van der Waals surface area contributed by atoms with E-state index in [0.717, 1.165) is 24.3 Å². The summed E-state index contributed by atoms with van der Waals surface area (Å²) < 4.78 is 10.2. The Labute approximate surface area is 174 Å². The molecule has 8 nitrogen and oxygen atoms in total. The van der Waals surface area contributed by atoms with Crippen molar-refractivity contribution in [1.82, 2.24) is 15.2 Å². The number of likely N-dealkylation sites (tertiary alicyclic amines) is 1. The largest absolute Gasteiger partial charge is 0.497 e. The highest BCUT2D eigenvalue weighted by molar-refractivity contribution is 7.14. The van der Waals surface area contributed by atoms with E-state index < -0.39 is 0 Å². The van der Waals surface area contributed by atoms with Gasteiger partial charge in [-0.25, -0.2) is 4.98 Å². The number of aromatic nitrogens is 1. The number of anilines is 2. The predicted octanol–water partition coefficient (Wildman–Crippen LogP) is 2.51. The van der Waals surface area contributed by atoms with E-state index in [9.17, 15) is 9.59 Å². The van der Waals surface area contributed by atoms with Gasteiger partial charge in [-0.15, -0.1) is 11.3 Å². The molecule has 2 heterocycles. The summed E-state index contributed by atoms with van der Waals surface area (Å²) in [4.78, 5) is 31.3. The van der Waals surface area contributed by atoms with Gasteiger partial charge in [-0.3, -0.25) is 9.59 Å². The summed E-state index contributed by atoms with van der Waals surface area (Å²) >= 11 is 1.37. The van der Waals surface area contributed by atoms with Crippen LogP contribution in [0.5, 0.6) is 5.75 Å². The number of carbonyl (C=O) groups excluding carboxylic acids is 2. The Morgan fingerprint density at radius 2 is 2.21 bits per heavy atom. The maximum absolute atomic E-state index is 12.9. The number of amides is 2. The highest BCUT2D eigenvalue weighted by atomic mass is 32.1. The molecular formula is C20H26N4O4S. The first kappa shape index (κ1) is 21.1. The minimum Gasteiger partial charge on any atom is -0.497 e. The van der Waals surface area contributed by atoms with Crippen LogP contribution in [0, 0.1) is 5.92 Å². The van der Waals surface area contributed by atoms with Gasteiger partial charge in [-0.2, -0.15) is 0 Å². The highest BCUT2D eigenvalue weighted by Gasteiger charge is 2.29. The topological polar surface area (TPSA) is 92.8 Å². The van der Waals surface area contributed by atoms with Gasteiger partial charge in [-0.1, -0.05) is 6.07 Å². The summed E-state index contributed by atoms with van der Waals surface area (Å²) in [5.41, 5.74) is 1.23. The molecule has 2 amide bonds. The molecule has 29 heavy (non-hydrogen) atoms. The first-order valence-electron chi connectivity index (χ1n) is 9.53. The van der Waals surface area contributed by atoms with Gasteiger partial charge in [0.25, 0.3) is 5.91 Å². The van der Waals surface area contributed by atoms with Crippen LogP contribution >= 0.6 is 11.3 Å². The minimum atomic E-state index is -0.197. The maximum atomic E-state index is 12.9. The van der Waals surface area contributed by atoms with Crippen LogP contribution in [0.4, 0.5) is 10.8 Å². The Bertz CT molecular complexity index is 841. The first-order valence-corrected chi connectivity index (χ1v) is 10.4. The molecule has 156 valence electrons. The zero-order chi connectivity index (χ0) is 20.6. The molecule has 0 aliphatic carbocycles. The van der Waals surface area contributed by atoms with Crippen molar-refractivity contribution >= 4 is 34.0 Å². The fraction of sp³-hybridized carbons (Fsp3) is 0.450. The van der Waals surface area contributed by atoms with Crippen LogP contribution in [-0.4, -0.2) is 62.2 Å². The van der Waals surface area contributed by atoms with E-state index in [-0.39, 0.29) is 17.7 Å². The van der Waals surface area contributed by atoms with E-state index in [1.165, 1.54) is 11.3 Å². The summed E-state index contributed by atoms with van der Waals surface area (Å²) in [5, 5.41) is 8.43. The van der Waals surface area contributed by atoms with E-state index in [2.05, 4.69) is 15.6 Å². The third-order valence-corrected chi connectivity index (χ3v) is 5.49. The molecule has 2 aromatic rings. The van der Waals surface area contributed by atoms with Gasteiger partial charge < -0.3 is 25.0 Å². The van der Waals surface area contributed by atoms with Crippen molar-refractivity contribution in [2.45, 2.75) is 12.8 Å². The number of carbonyl (C=O) groups is 2. The summed E-state index contributed by atoms with van der Waals surface area (Å²) in [6, 6.07) is 7.51. The van der Waals surface area contributed by atoms with Crippen LogP contribution in [0.25, 0.3) is 0 Å². The van der Waals surface area contributed by atoms with Gasteiger partial charge in [0.15, 0.2) is 5.13 Å². The molecule has 1 aromatic heterocycles. The first-order chi connectivity index (χ1) is 14.1. The normalized spacial score (nSPS) is 16.3. The minimum absolute atomic E-state index is 0.0294. The number of ether oxygens (including phenoxy) is 2. The van der Waals surface area contributed by atoms with Crippen LogP contribution < -0.4 is 15.4 Å². The molecule has 0 radical (unpaired) electrons. The number of thiazole rings is 1. The fourth-order valence-corrected chi connectivity index (χ4v) is 3.92. The van der Waals surface area contributed by atoms with Crippen molar-refractivity contribution < 1.29 is 19.1 Å². The van der Waals surface area contributed by atoms with E-state index in [4.69, 9.17) is 9.47 Å². The lowest BCUT2D eigenvalue weighted by Crippen LogP contribution is -2.46. The summed E-state index contributed by atoms with van der Waals surface area (Å²) in [6.45, 7) is 2.00. The van der Waals surface area contributed by atoms with Crippen molar-refractivity contribution in [3.63, 3.8) is 0 Å². The van der Waals surface area contributed by atoms with Gasteiger partial charge >= 0.3 is 0 Å². The number of rotatable bonds is 8. The Morgan fingerprint density at radius 1 is 1.34 bits per heavy atom. The second-order valence-electron chi connectivity index (χ2n) is 6.77. The molecule has 1 aliphatic heterocycles. The van der Waals surface area contributed by atoms with Gasteiger partial charge in [0, 0.05) is 43.9 Å². The number of nitrogens with zero attached hydrogens (tertiary/aromatic N) is 2. The molecule has 1 unspecified atom stereocenters. The summed E-state index contributed by atoms with van der Waals surface area (Å²) in [6.07, 6.45) is 1.58. The molecule has 1 fully saturated rings. The predicted molar refractivity (Wildman–Crippen MR) is 112 cm³/mol.